The molecule has 0 fully saturated rings. The largest absolute Gasteiger partial charge is 0.418 e. The first-order valence-corrected chi connectivity index (χ1v) is 11.7. The summed E-state index contributed by atoms with van der Waals surface area (Å²) in [5, 5.41) is 9.87. The van der Waals surface area contributed by atoms with Crippen molar-refractivity contribution in [2.24, 2.45) is 5.14 Å². The second-order valence-electron chi connectivity index (χ2n) is 6.43. The number of anilines is 1. The van der Waals surface area contributed by atoms with Gasteiger partial charge in [-0.15, -0.1) is 23.1 Å². The Morgan fingerprint density at radius 2 is 2.00 bits per heavy atom. The summed E-state index contributed by atoms with van der Waals surface area (Å²) in [5.41, 5.74) is -1.20. The van der Waals surface area contributed by atoms with Crippen molar-refractivity contribution < 1.29 is 21.6 Å². The van der Waals surface area contributed by atoms with Crippen molar-refractivity contribution in [2.75, 3.05) is 31.7 Å². The fourth-order valence-electron chi connectivity index (χ4n) is 2.42. The van der Waals surface area contributed by atoms with Crippen molar-refractivity contribution in [2.45, 2.75) is 27.7 Å². The van der Waals surface area contributed by atoms with E-state index in [0.29, 0.717) is 24.8 Å². The fraction of sp³-hybridized carbons (Fsp3) is 0.412. The maximum absolute atomic E-state index is 13.5. The summed E-state index contributed by atoms with van der Waals surface area (Å²) in [6.45, 7) is 0.694. The van der Waals surface area contributed by atoms with Crippen molar-refractivity contribution in [1.82, 2.24) is 4.90 Å². The van der Waals surface area contributed by atoms with Crippen molar-refractivity contribution >= 4 is 38.8 Å². The lowest BCUT2D eigenvalue weighted by atomic mass is 10.1. The van der Waals surface area contributed by atoms with Crippen molar-refractivity contribution in [3.05, 3.63) is 41.3 Å². The molecule has 0 saturated carbocycles. The second-order valence-corrected chi connectivity index (χ2v) is 10.3. The standard InChI is InChI=1S/C17H22F3N3O2S3/c1-23(2)8-7-12(11-27-16-4-3-9-26-16)22-15-6-5-13(28(21,24)25)10-14(15)17(18,19)20/h3-6,9-10,12,22H,7-8,11H2,1-2H3,(H2,21,24,25)/t12-/m1/s1. The number of sulfonamides is 1. The smallest absolute Gasteiger partial charge is 0.381 e. The summed E-state index contributed by atoms with van der Waals surface area (Å²) in [6, 6.07) is 6.43. The number of rotatable bonds is 9. The summed E-state index contributed by atoms with van der Waals surface area (Å²) in [7, 11) is -0.441. The van der Waals surface area contributed by atoms with Gasteiger partial charge in [-0.05, 0) is 56.7 Å². The van der Waals surface area contributed by atoms with Crippen molar-refractivity contribution in [1.29, 1.82) is 0 Å². The molecule has 0 bridgehead atoms. The molecule has 28 heavy (non-hydrogen) atoms. The number of benzene rings is 1. The van der Waals surface area contributed by atoms with Gasteiger partial charge in [-0.2, -0.15) is 13.2 Å². The number of nitrogens with zero attached hydrogens (tertiary/aromatic N) is 1. The predicted octanol–water partition coefficient (Wildman–Crippen LogP) is 3.94. The van der Waals surface area contributed by atoms with E-state index in [-0.39, 0.29) is 11.7 Å². The first kappa shape index (κ1) is 23.0. The average molecular weight is 454 g/mol. The minimum Gasteiger partial charge on any atom is -0.381 e. The van der Waals surface area contributed by atoms with Crippen molar-refractivity contribution in [3.63, 3.8) is 0 Å². The monoisotopic (exact) mass is 453 g/mol. The van der Waals surface area contributed by atoms with Crippen LogP contribution in [0.4, 0.5) is 18.9 Å². The van der Waals surface area contributed by atoms with Crippen LogP contribution in [0.5, 0.6) is 0 Å². The third kappa shape index (κ3) is 6.96. The zero-order valence-corrected chi connectivity index (χ0v) is 17.8. The van der Waals surface area contributed by atoms with Gasteiger partial charge in [0.2, 0.25) is 10.0 Å². The second kappa shape index (κ2) is 9.49. The van der Waals surface area contributed by atoms with Crippen LogP contribution in [0.25, 0.3) is 0 Å². The normalized spacial score (nSPS) is 13.7. The van der Waals surface area contributed by atoms with Crippen molar-refractivity contribution in [3.8, 4) is 0 Å². The molecule has 3 N–H and O–H groups in total. The molecule has 2 aromatic rings. The molecule has 0 spiro atoms. The zero-order valence-electron chi connectivity index (χ0n) is 15.4. The Bertz CT molecular complexity index is 870. The molecule has 5 nitrogen and oxygen atoms in total. The molecule has 2 rings (SSSR count). The molecule has 0 aliphatic heterocycles. The number of primary sulfonamides is 1. The van der Waals surface area contributed by atoms with Crippen LogP contribution in [0.2, 0.25) is 0 Å². The molecule has 11 heteroatoms. The Kier molecular flexibility index (Phi) is 7.80. The SMILES string of the molecule is CN(C)CC[C@H](CSc1cccs1)Nc1ccc(S(N)(=O)=O)cc1C(F)(F)F. The Morgan fingerprint density at radius 1 is 1.29 bits per heavy atom. The van der Waals surface area contributed by atoms with E-state index in [9.17, 15) is 21.6 Å². The Morgan fingerprint density at radius 3 is 2.54 bits per heavy atom. The molecule has 0 aliphatic carbocycles. The van der Waals surface area contributed by atoms with Gasteiger partial charge in [0.15, 0.2) is 0 Å². The maximum atomic E-state index is 13.5. The quantitative estimate of drug-likeness (QED) is 0.563. The number of halogens is 3. The van der Waals surface area contributed by atoms with Gasteiger partial charge in [0.1, 0.15) is 0 Å². The minimum absolute atomic E-state index is 0.157. The van der Waals surface area contributed by atoms with E-state index in [4.69, 9.17) is 5.14 Å². The minimum atomic E-state index is -4.71. The van der Waals surface area contributed by atoms with Gasteiger partial charge in [0.05, 0.1) is 14.7 Å². The van der Waals surface area contributed by atoms with Gasteiger partial charge in [-0.25, -0.2) is 13.6 Å². The fourth-order valence-corrected chi connectivity index (χ4v) is 4.84. The summed E-state index contributed by atoms with van der Waals surface area (Å²) in [5.74, 6) is 0.572. The molecule has 1 aromatic carbocycles. The highest BCUT2D eigenvalue weighted by Crippen LogP contribution is 2.37. The van der Waals surface area contributed by atoms with E-state index in [1.165, 1.54) is 0 Å². The number of alkyl halides is 3. The topological polar surface area (TPSA) is 75.4 Å². The maximum Gasteiger partial charge on any atom is 0.418 e. The lowest BCUT2D eigenvalue weighted by Gasteiger charge is -2.24. The molecule has 0 radical (unpaired) electrons. The first-order valence-electron chi connectivity index (χ1n) is 8.28. The number of thiophene rings is 1. The van der Waals surface area contributed by atoms with Crippen LogP contribution >= 0.6 is 23.1 Å². The molecular weight excluding hydrogens is 431 g/mol. The molecule has 1 aromatic heterocycles. The number of nitrogens with one attached hydrogen (secondary N) is 1. The van der Waals surface area contributed by atoms with Crippen LogP contribution in [0.15, 0.2) is 44.8 Å². The van der Waals surface area contributed by atoms with Gasteiger partial charge in [0.25, 0.3) is 0 Å². The summed E-state index contributed by atoms with van der Waals surface area (Å²) in [4.78, 5) is 1.39. The lowest BCUT2D eigenvalue weighted by Crippen LogP contribution is -2.29. The van der Waals surface area contributed by atoms with Gasteiger partial charge in [-0.3, -0.25) is 0 Å². The molecule has 0 unspecified atom stereocenters. The molecule has 0 aliphatic rings. The van der Waals surface area contributed by atoms with E-state index >= 15 is 0 Å². The Balaban J connectivity index is 2.27. The van der Waals surface area contributed by atoms with Gasteiger partial charge in [-0.1, -0.05) is 6.07 Å². The van der Waals surface area contributed by atoms with Crippen LogP contribution in [-0.2, 0) is 16.2 Å². The summed E-state index contributed by atoms with van der Waals surface area (Å²) < 4.78 is 64.5. The Labute approximate surface area is 171 Å². The Hall–Kier alpha value is -1.27. The molecular formula is C17H22F3N3O2S3. The molecule has 0 saturated heterocycles. The van der Waals surface area contributed by atoms with Crippen LogP contribution in [0, 0.1) is 0 Å². The van der Waals surface area contributed by atoms with Gasteiger partial charge >= 0.3 is 6.18 Å². The van der Waals surface area contributed by atoms with E-state index in [2.05, 4.69) is 5.32 Å². The van der Waals surface area contributed by atoms with E-state index < -0.39 is 26.7 Å². The highest BCUT2D eigenvalue weighted by molar-refractivity contribution is 8.01. The van der Waals surface area contributed by atoms with E-state index in [1.807, 2.05) is 36.5 Å². The highest BCUT2D eigenvalue weighted by atomic mass is 32.2. The summed E-state index contributed by atoms with van der Waals surface area (Å²) in [6.07, 6.45) is -4.09. The molecule has 1 atom stereocenters. The predicted molar refractivity (Wildman–Crippen MR) is 108 cm³/mol. The number of nitrogens with two attached hydrogens (primary N) is 1. The number of thioether (sulfide) groups is 1. The van der Waals surface area contributed by atoms with Gasteiger partial charge < -0.3 is 10.2 Å². The third-order valence-corrected chi connectivity index (χ3v) is 7.04. The van der Waals surface area contributed by atoms with Crippen LogP contribution in [0.3, 0.4) is 0 Å². The lowest BCUT2D eigenvalue weighted by molar-refractivity contribution is -0.137. The van der Waals surface area contributed by atoms with E-state index in [0.717, 1.165) is 16.3 Å². The number of hydrogen-bond donors (Lipinski definition) is 2. The third-order valence-electron chi connectivity index (χ3n) is 3.83. The molecule has 156 valence electrons. The summed E-state index contributed by atoms with van der Waals surface area (Å²) >= 11 is 3.14. The zero-order chi connectivity index (χ0) is 20.9. The molecule has 1 heterocycles. The number of hydrogen-bond acceptors (Lipinski definition) is 6. The van der Waals surface area contributed by atoms with E-state index in [1.54, 1.807) is 23.1 Å². The molecule has 0 amide bonds. The highest BCUT2D eigenvalue weighted by Gasteiger charge is 2.35. The van der Waals surface area contributed by atoms with Crippen LogP contribution < -0.4 is 10.5 Å². The average Bonchev–Trinajstić information content (AvgIpc) is 3.09. The van der Waals surface area contributed by atoms with Crippen LogP contribution in [0.1, 0.15) is 12.0 Å². The van der Waals surface area contributed by atoms with Gasteiger partial charge in [0, 0.05) is 17.5 Å². The van der Waals surface area contributed by atoms with Crippen LogP contribution in [-0.4, -0.2) is 45.8 Å². The first-order chi connectivity index (χ1) is 13.0.